The molecule has 0 aliphatic carbocycles. The molecule has 1 aliphatic heterocycles. The van der Waals surface area contributed by atoms with E-state index in [1.165, 1.54) is 16.4 Å². The Bertz CT molecular complexity index is 549. The molecule has 1 unspecified atom stereocenters. The standard InChI is InChI=1S/C11H13BrClNO3S/c12-10-6-9(3-4-11(10)13)18(16,17)14-5-1-2-8(15)7-14/h3-4,6,8,15H,1-2,5,7H2. The van der Waals surface area contributed by atoms with E-state index < -0.39 is 16.1 Å². The van der Waals surface area contributed by atoms with Crippen LogP contribution in [0.1, 0.15) is 12.8 Å². The first-order valence-corrected chi connectivity index (χ1v) is 8.15. The second kappa shape index (κ2) is 5.46. The third-order valence-corrected chi connectivity index (χ3v) is 5.96. The fraction of sp³-hybridized carbons (Fsp3) is 0.455. The molecule has 1 N–H and O–H groups in total. The van der Waals surface area contributed by atoms with Gasteiger partial charge in [0.2, 0.25) is 10.0 Å². The van der Waals surface area contributed by atoms with E-state index in [1.54, 1.807) is 6.07 Å². The summed E-state index contributed by atoms with van der Waals surface area (Å²) in [6, 6.07) is 4.50. The van der Waals surface area contributed by atoms with Crippen LogP contribution in [-0.2, 0) is 10.0 Å². The maximum atomic E-state index is 12.3. The number of benzene rings is 1. The van der Waals surface area contributed by atoms with Gasteiger partial charge in [-0.1, -0.05) is 11.6 Å². The Labute approximate surface area is 120 Å². The van der Waals surface area contributed by atoms with Gasteiger partial charge in [0.05, 0.1) is 16.0 Å². The Morgan fingerprint density at radius 3 is 2.78 bits per heavy atom. The van der Waals surface area contributed by atoms with Gasteiger partial charge in [-0.2, -0.15) is 4.31 Å². The van der Waals surface area contributed by atoms with Crippen molar-refractivity contribution in [2.24, 2.45) is 0 Å². The van der Waals surface area contributed by atoms with E-state index in [0.717, 1.165) is 0 Å². The van der Waals surface area contributed by atoms with Crippen molar-refractivity contribution < 1.29 is 13.5 Å². The number of nitrogens with zero attached hydrogens (tertiary/aromatic N) is 1. The number of aliphatic hydroxyl groups is 1. The number of hydrogen-bond donors (Lipinski definition) is 1. The van der Waals surface area contributed by atoms with Crippen molar-refractivity contribution in [3.05, 3.63) is 27.7 Å². The molecule has 0 spiro atoms. The molecular weight excluding hydrogens is 342 g/mol. The second-order valence-electron chi connectivity index (χ2n) is 4.24. The molecule has 100 valence electrons. The Balaban J connectivity index is 2.32. The summed E-state index contributed by atoms with van der Waals surface area (Å²) in [6.07, 6.45) is 0.746. The molecule has 0 amide bonds. The van der Waals surface area contributed by atoms with E-state index in [-0.39, 0.29) is 11.4 Å². The highest BCUT2D eigenvalue weighted by molar-refractivity contribution is 9.10. The molecule has 1 aromatic rings. The van der Waals surface area contributed by atoms with Gasteiger partial charge >= 0.3 is 0 Å². The lowest BCUT2D eigenvalue weighted by atomic mass is 10.1. The van der Waals surface area contributed by atoms with E-state index in [0.29, 0.717) is 28.9 Å². The number of aliphatic hydroxyl groups excluding tert-OH is 1. The third kappa shape index (κ3) is 2.88. The van der Waals surface area contributed by atoms with Crippen molar-refractivity contribution in [1.82, 2.24) is 4.31 Å². The van der Waals surface area contributed by atoms with Gasteiger partial charge in [-0.3, -0.25) is 0 Å². The average Bonchev–Trinajstić information content (AvgIpc) is 2.32. The Hall–Kier alpha value is -0.140. The van der Waals surface area contributed by atoms with Gasteiger partial charge in [-0.15, -0.1) is 0 Å². The molecule has 0 aromatic heterocycles. The van der Waals surface area contributed by atoms with Crippen LogP contribution in [-0.4, -0.2) is 37.0 Å². The SMILES string of the molecule is O=S(=O)(c1ccc(Cl)c(Br)c1)N1CCCC(O)C1. The molecule has 0 saturated carbocycles. The van der Waals surface area contributed by atoms with E-state index in [9.17, 15) is 13.5 Å². The van der Waals surface area contributed by atoms with Crippen LogP contribution in [0.3, 0.4) is 0 Å². The first-order valence-electron chi connectivity index (χ1n) is 5.54. The van der Waals surface area contributed by atoms with E-state index in [2.05, 4.69) is 15.9 Å². The average molecular weight is 355 g/mol. The maximum Gasteiger partial charge on any atom is 0.243 e. The fourth-order valence-corrected chi connectivity index (χ4v) is 4.12. The zero-order valence-electron chi connectivity index (χ0n) is 9.51. The van der Waals surface area contributed by atoms with Crippen molar-refractivity contribution in [1.29, 1.82) is 0 Å². The molecule has 1 fully saturated rings. The minimum atomic E-state index is -3.55. The highest BCUT2D eigenvalue weighted by atomic mass is 79.9. The molecule has 1 saturated heterocycles. The van der Waals surface area contributed by atoms with E-state index >= 15 is 0 Å². The van der Waals surface area contributed by atoms with E-state index in [1.807, 2.05) is 0 Å². The van der Waals surface area contributed by atoms with Crippen LogP contribution < -0.4 is 0 Å². The van der Waals surface area contributed by atoms with Gasteiger partial charge in [0.25, 0.3) is 0 Å². The smallest absolute Gasteiger partial charge is 0.243 e. The highest BCUT2D eigenvalue weighted by Gasteiger charge is 2.29. The summed E-state index contributed by atoms with van der Waals surface area (Å²) in [4.78, 5) is 0.188. The summed E-state index contributed by atoms with van der Waals surface area (Å²) in [5, 5.41) is 10.0. The maximum absolute atomic E-state index is 12.3. The Kier molecular flexibility index (Phi) is 4.33. The monoisotopic (exact) mass is 353 g/mol. The third-order valence-electron chi connectivity index (χ3n) is 2.89. The topological polar surface area (TPSA) is 57.6 Å². The first-order chi connectivity index (χ1) is 8.41. The number of halogens is 2. The minimum absolute atomic E-state index is 0.155. The van der Waals surface area contributed by atoms with Crippen molar-refractivity contribution in [3.8, 4) is 0 Å². The molecule has 4 nitrogen and oxygen atoms in total. The van der Waals surface area contributed by atoms with Crippen LogP contribution in [0.15, 0.2) is 27.6 Å². The fourth-order valence-electron chi connectivity index (χ4n) is 1.93. The lowest BCUT2D eigenvalue weighted by molar-refractivity contribution is 0.108. The number of hydrogen-bond acceptors (Lipinski definition) is 3. The summed E-state index contributed by atoms with van der Waals surface area (Å²) in [5.41, 5.74) is 0. The predicted octanol–water partition coefficient (Wildman–Crippen LogP) is 2.25. The molecule has 1 heterocycles. The Morgan fingerprint density at radius 1 is 1.44 bits per heavy atom. The van der Waals surface area contributed by atoms with Crippen molar-refractivity contribution in [3.63, 3.8) is 0 Å². The zero-order chi connectivity index (χ0) is 13.3. The molecule has 1 aromatic carbocycles. The summed E-state index contributed by atoms with van der Waals surface area (Å²) in [7, 11) is -3.55. The van der Waals surface area contributed by atoms with Gasteiger partial charge in [-0.05, 0) is 47.0 Å². The Morgan fingerprint density at radius 2 is 2.17 bits per heavy atom. The summed E-state index contributed by atoms with van der Waals surface area (Å²) in [5.74, 6) is 0. The molecule has 0 bridgehead atoms. The largest absolute Gasteiger partial charge is 0.392 e. The summed E-state index contributed by atoms with van der Waals surface area (Å²) in [6.45, 7) is 0.599. The number of piperidine rings is 1. The number of β-amino-alcohol motifs (C(OH)–C–C–N with tert-alkyl or cyclic N) is 1. The van der Waals surface area contributed by atoms with Crippen LogP contribution in [0.5, 0.6) is 0 Å². The van der Waals surface area contributed by atoms with Gasteiger partial charge in [0.15, 0.2) is 0 Å². The lowest BCUT2D eigenvalue weighted by Crippen LogP contribution is -2.42. The van der Waals surface area contributed by atoms with Crippen LogP contribution >= 0.6 is 27.5 Å². The van der Waals surface area contributed by atoms with Crippen molar-refractivity contribution in [2.45, 2.75) is 23.8 Å². The molecule has 2 rings (SSSR count). The van der Waals surface area contributed by atoms with Crippen molar-refractivity contribution in [2.75, 3.05) is 13.1 Å². The van der Waals surface area contributed by atoms with Crippen molar-refractivity contribution >= 4 is 37.6 Å². The highest BCUT2D eigenvalue weighted by Crippen LogP contribution is 2.28. The predicted molar refractivity (Wildman–Crippen MR) is 73.2 cm³/mol. The van der Waals surface area contributed by atoms with Gasteiger partial charge in [0.1, 0.15) is 0 Å². The summed E-state index contributed by atoms with van der Waals surface area (Å²) < 4.78 is 26.6. The minimum Gasteiger partial charge on any atom is -0.392 e. The molecule has 0 radical (unpaired) electrons. The molecular formula is C11H13BrClNO3S. The molecule has 1 atom stereocenters. The summed E-state index contributed by atoms with van der Waals surface area (Å²) >= 11 is 9.05. The normalized spacial score (nSPS) is 22.1. The number of rotatable bonds is 2. The van der Waals surface area contributed by atoms with Crippen LogP contribution in [0.25, 0.3) is 0 Å². The van der Waals surface area contributed by atoms with Crippen LogP contribution in [0, 0.1) is 0 Å². The quantitative estimate of drug-likeness (QED) is 0.886. The molecule has 1 aliphatic rings. The second-order valence-corrected chi connectivity index (χ2v) is 7.43. The zero-order valence-corrected chi connectivity index (χ0v) is 12.7. The lowest BCUT2D eigenvalue weighted by Gasteiger charge is -2.29. The van der Waals surface area contributed by atoms with Crippen LogP contribution in [0.4, 0.5) is 0 Å². The number of sulfonamides is 1. The van der Waals surface area contributed by atoms with Gasteiger partial charge in [0, 0.05) is 17.6 Å². The van der Waals surface area contributed by atoms with Crippen LogP contribution in [0.2, 0.25) is 5.02 Å². The van der Waals surface area contributed by atoms with E-state index in [4.69, 9.17) is 11.6 Å². The van der Waals surface area contributed by atoms with Gasteiger partial charge < -0.3 is 5.11 Å². The molecule has 7 heteroatoms. The molecule has 18 heavy (non-hydrogen) atoms. The van der Waals surface area contributed by atoms with Gasteiger partial charge in [-0.25, -0.2) is 8.42 Å². The first kappa shape index (κ1) is 14.3.